The molecule has 1 rings (SSSR count). The Morgan fingerprint density at radius 3 is 2.30 bits per heavy atom. The third-order valence-corrected chi connectivity index (χ3v) is 0.940. The first-order chi connectivity index (χ1) is 4.50. The van der Waals surface area contributed by atoms with Crippen LogP contribution in [0.5, 0.6) is 0 Å². The molecule has 2 nitrogen and oxygen atoms in total. The molecule has 1 heterocycles. The molecule has 0 atom stereocenters. The fourth-order valence-electron chi connectivity index (χ4n) is 0.382. The summed E-state index contributed by atoms with van der Waals surface area (Å²) >= 11 is 4.99. The Labute approximate surface area is 58.6 Å². The molecule has 0 N–H and O–H groups in total. The Kier molecular flexibility index (Phi) is 1.60. The van der Waals surface area contributed by atoms with Gasteiger partial charge in [0.2, 0.25) is 0 Å². The van der Waals surface area contributed by atoms with Gasteiger partial charge in [-0.2, -0.15) is 18.2 Å². The van der Waals surface area contributed by atoms with Gasteiger partial charge in [-0.1, -0.05) is 0 Å². The minimum absolute atomic E-state index is 0.461. The summed E-state index contributed by atoms with van der Waals surface area (Å²) < 4.78 is 39.0. The molecule has 0 unspecified atom stereocenters. The lowest BCUT2D eigenvalue weighted by Gasteiger charge is -1.97. The van der Waals surface area contributed by atoms with Gasteiger partial charge in [-0.25, -0.2) is 0 Å². The topological polar surface area (TPSA) is 26.0 Å². The van der Waals surface area contributed by atoms with Crippen LogP contribution >= 0.6 is 11.6 Å². The zero-order valence-electron chi connectivity index (χ0n) is 4.44. The Morgan fingerprint density at radius 1 is 1.50 bits per heavy atom. The molecule has 1 aromatic rings. The minimum atomic E-state index is -4.48. The fourth-order valence-corrected chi connectivity index (χ4v) is 0.518. The Bertz CT molecular complexity index is 231. The standard InChI is InChI=1S/C4HClF3NO/c5-3-9-2(1-10-3)4(6,7)8/h1H. The summed E-state index contributed by atoms with van der Waals surface area (Å²) in [4.78, 5) is 2.86. The average Bonchev–Trinajstić information content (AvgIpc) is 2.11. The first-order valence-electron chi connectivity index (χ1n) is 2.18. The predicted molar refractivity (Wildman–Crippen MR) is 26.5 cm³/mol. The number of nitrogens with zero attached hydrogens (tertiary/aromatic N) is 1. The van der Waals surface area contributed by atoms with Gasteiger partial charge in [0.05, 0.1) is 0 Å². The fraction of sp³-hybridized carbons (Fsp3) is 0.250. The van der Waals surface area contributed by atoms with E-state index in [-0.39, 0.29) is 0 Å². The van der Waals surface area contributed by atoms with Crippen LogP contribution in [0.25, 0.3) is 0 Å². The van der Waals surface area contributed by atoms with Crippen LogP contribution in [0.4, 0.5) is 13.2 Å². The second kappa shape index (κ2) is 2.16. The lowest BCUT2D eigenvalue weighted by Crippen LogP contribution is -2.04. The molecule has 0 aromatic carbocycles. The maximum absolute atomic E-state index is 11.6. The van der Waals surface area contributed by atoms with Crippen LogP contribution in [0.3, 0.4) is 0 Å². The van der Waals surface area contributed by atoms with Gasteiger partial charge >= 0.3 is 6.18 Å². The van der Waals surface area contributed by atoms with E-state index in [1.54, 1.807) is 0 Å². The van der Waals surface area contributed by atoms with Crippen molar-refractivity contribution in [3.63, 3.8) is 0 Å². The molecule has 0 spiro atoms. The van der Waals surface area contributed by atoms with Crippen molar-refractivity contribution < 1.29 is 17.6 Å². The van der Waals surface area contributed by atoms with E-state index in [2.05, 4.69) is 9.40 Å². The molecule has 0 saturated heterocycles. The van der Waals surface area contributed by atoms with Crippen molar-refractivity contribution in [2.24, 2.45) is 0 Å². The molecule has 0 saturated carbocycles. The van der Waals surface area contributed by atoms with Crippen LogP contribution in [-0.4, -0.2) is 4.98 Å². The predicted octanol–water partition coefficient (Wildman–Crippen LogP) is 2.35. The van der Waals surface area contributed by atoms with Crippen molar-refractivity contribution in [2.45, 2.75) is 6.18 Å². The smallest absolute Gasteiger partial charge is 0.436 e. The molecule has 0 aliphatic rings. The number of aromatic nitrogens is 1. The van der Waals surface area contributed by atoms with Gasteiger partial charge < -0.3 is 4.42 Å². The number of hydrogen-bond donors (Lipinski definition) is 0. The number of alkyl halides is 3. The van der Waals surface area contributed by atoms with Gasteiger partial charge in [0.25, 0.3) is 5.35 Å². The molecular weight excluding hydrogens is 170 g/mol. The summed E-state index contributed by atoms with van der Waals surface area (Å²) in [5.41, 5.74) is -1.11. The first kappa shape index (κ1) is 7.40. The zero-order valence-corrected chi connectivity index (χ0v) is 5.20. The molecular formula is C4HClF3NO. The molecule has 10 heavy (non-hydrogen) atoms. The van der Waals surface area contributed by atoms with Crippen molar-refractivity contribution in [1.29, 1.82) is 0 Å². The van der Waals surface area contributed by atoms with Gasteiger partial charge in [0, 0.05) is 0 Å². The van der Waals surface area contributed by atoms with E-state index >= 15 is 0 Å². The summed E-state index contributed by atoms with van der Waals surface area (Å²) in [7, 11) is 0. The van der Waals surface area contributed by atoms with Crippen molar-refractivity contribution in [2.75, 3.05) is 0 Å². The van der Waals surface area contributed by atoms with Crippen molar-refractivity contribution >= 4 is 11.6 Å². The highest BCUT2D eigenvalue weighted by Crippen LogP contribution is 2.28. The molecule has 0 radical (unpaired) electrons. The second-order valence-electron chi connectivity index (χ2n) is 1.48. The average molecular weight is 172 g/mol. The van der Waals surface area contributed by atoms with Gasteiger partial charge in [0.15, 0.2) is 5.69 Å². The van der Waals surface area contributed by atoms with Crippen LogP contribution in [0.1, 0.15) is 5.69 Å². The summed E-state index contributed by atoms with van der Waals surface area (Å²) in [5, 5.41) is -0.507. The minimum Gasteiger partial charge on any atom is -0.436 e. The third-order valence-electron chi connectivity index (χ3n) is 0.767. The number of hydrogen-bond acceptors (Lipinski definition) is 2. The molecule has 1 aromatic heterocycles. The highest BCUT2D eigenvalue weighted by molar-refractivity contribution is 6.27. The van der Waals surface area contributed by atoms with Crippen molar-refractivity contribution in [3.05, 3.63) is 17.3 Å². The molecule has 0 amide bonds. The van der Waals surface area contributed by atoms with Gasteiger partial charge in [-0.3, -0.25) is 0 Å². The molecule has 0 aliphatic carbocycles. The molecule has 6 heteroatoms. The van der Waals surface area contributed by atoms with Crippen LogP contribution < -0.4 is 0 Å². The zero-order chi connectivity index (χ0) is 7.78. The van der Waals surface area contributed by atoms with E-state index in [1.807, 2.05) is 0 Å². The third kappa shape index (κ3) is 1.41. The Balaban J connectivity index is 2.96. The summed E-state index contributed by atoms with van der Waals surface area (Å²) in [6, 6.07) is 0. The monoisotopic (exact) mass is 171 g/mol. The Hall–Kier alpha value is -0.710. The highest BCUT2D eigenvalue weighted by atomic mass is 35.5. The van der Waals surface area contributed by atoms with Crippen molar-refractivity contribution in [1.82, 2.24) is 4.98 Å². The number of rotatable bonds is 0. The first-order valence-corrected chi connectivity index (χ1v) is 2.56. The lowest BCUT2D eigenvalue weighted by molar-refractivity contribution is -0.141. The SMILES string of the molecule is FC(F)(F)c1coc(Cl)n1. The molecule has 56 valence electrons. The second-order valence-corrected chi connectivity index (χ2v) is 1.81. The quantitative estimate of drug-likeness (QED) is 0.599. The highest BCUT2D eigenvalue weighted by Gasteiger charge is 2.34. The van der Waals surface area contributed by atoms with E-state index in [0.29, 0.717) is 6.26 Å². The number of halogens is 4. The summed E-state index contributed by atoms with van der Waals surface area (Å²) in [6.45, 7) is 0. The van der Waals surface area contributed by atoms with Crippen LogP contribution in [0.15, 0.2) is 10.7 Å². The normalized spacial score (nSPS) is 12.0. The molecule has 0 fully saturated rings. The van der Waals surface area contributed by atoms with Gasteiger partial charge in [0.1, 0.15) is 6.26 Å². The van der Waals surface area contributed by atoms with Crippen molar-refractivity contribution in [3.8, 4) is 0 Å². The van der Waals surface area contributed by atoms with E-state index in [9.17, 15) is 13.2 Å². The van der Waals surface area contributed by atoms with Crippen LogP contribution in [0.2, 0.25) is 5.35 Å². The summed E-state index contributed by atoms with van der Waals surface area (Å²) in [5.74, 6) is 0. The molecule has 0 bridgehead atoms. The van der Waals surface area contributed by atoms with E-state index < -0.39 is 17.2 Å². The largest absolute Gasteiger partial charge is 0.436 e. The van der Waals surface area contributed by atoms with E-state index in [1.165, 1.54) is 0 Å². The lowest BCUT2D eigenvalue weighted by atomic mass is 10.5. The van der Waals surface area contributed by atoms with E-state index in [4.69, 9.17) is 11.6 Å². The van der Waals surface area contributed by atoms with Gasteiger partial charge in [-0.05, 0) is 11.6 Å². The maximum Gasteiger partial charge on any atom is 0.436 e. The van der Waals surface area contributed by atoms with Gasteiger partial charge in [-0.15, -0.1) is 0 Å². The van der Waals surface area contributed by atoms with E-state index in [0.717, 1.165) is 0 Å². The maximum atomic E-state index is 11.6. The van der Waals surface area contributed by atoms with Crippen LogP contribution in [0, 0.1) is 0 Å². The Morgan fingerprint density at radius 2 is 2.10 bits per heavy atom. The number of oxazole rings is 1. The van der Waals surface area contributed by atoms with Crippen LogP contribution in [-0.2, 0) is 6.18 Å². The molecule has 0 aliphatic heterocycles. The summed E-state index contributed by atoms with van der Waals surface area (Å²) in [6.07, 6.45) is -4.01.